The number of benzene rings is 1. The summed E-state index contributed by atoms with van der Waals surface area (Å²) in [6.07, 6.45) is 3.04. The van der Waals surface area contributed by atoms with E-state index in [4.69, 9.17) is 12.2 Å². The van der Waals surface area contributed by atoms with Crippen molar-refractivity contribution in [2.75, 3.05) is 31.5 Å². The summed E-state index contributed by atoms with van der Waals surface area (Å²) in [6, 6.07) is 10.4. The SMILES string of the molecule is CCN(CC)CCCNC(=S)Nc1ccn(Cc2ccc(C)cc2)n1. The third-order valence-electron chi connectivity index (χ3n) is 4.18. The van der Waals surface area contributed by atoms with E-state index in [2.05, 4.69) is 65.7 Å². The molecule has 0 atom stereocenters. The maximum atomic E-state index is 5.34. The van der Waals surface area contributed by atoms with Crippen molar-refractivity contribution in [2.45, 2.75) is 33.7 Å². The molecule has 136 valence electrons. The highest BCUT2D eigenvalue weighted by atomic mass is 32.1. The molecule has 0 aliphatic rings. The molecule has 0 fully saturated rings. The number of aromatic nitrogens is 2. The van der Waals surface area contributed by atoms with Crippen molar-refractivity contribution >= 4 is 23.1 Å². The van der Waals surface area contributed by atoms with E-state index in [-0.39, 0.29) is 0 Å². The number of nitrogens with zero attached hydrogens (tertiary/aromatic N) is 3. The molecule has 0 amide bonds. The van der Waals surface area contributed by atoms with Crippen LogP contribution in [0, 0.1) is 6.92 Å². The number of nitrogens with one attached hydrogen (secondary N) is 2. The fourth-order valence-electron chi connectivity index (χ4n) is 2.60. The van der Waals surface area contributed by atoms with E-state index in [0.717, 1.165) is 45.0 Å². The van der Waals surface area contributed by atoms with Crippen LogP contribution in [-0.4, -0.2) is 46.0 Å². The summed E-state index contributed by atoms with van der Waals surface area (Å²) in [5.41, 5.74) is 2.50. The Kier molecular flexibility index (Phi) is 7.88. The number of thiocarbonyl (C=S) groups is 1. The van der Waals surface area contributed by atoms with Crippen LogP contribution in [0.5, 0.6) is 0 Å². The number of hydrogen-bond acceptors (Lipinski definition) is 3. The van der Waals surface area contributed by atoms with Gasteiger partial charge in [-0.3, -0.25) is 4.68 Å². The zero-order valence-corrected chi connectivity index (χ0v) is 16.3. The van der Waals surface area contributed by atoms with Gasteiger partial charge in [-0.25, -0.2) is 0 Å². The minimum atomic E-state index is 0.625. The van der Waals surface area contributed by atoms with Crippen molar-refractivity contribution in [3.63, 3.8) is 0 Å². The fourth-order valence-corrected chi connectivity index (χ4v) is 2.81. The summed E-state index contributed by atoms with van der Waals surface area (Å²) >= 11 is 5.34. The first-order valence-corrected chi connectivity index (χ1v) is 9.37. The molecule has 0 saturated carbocycles. The smallest absolute Gasteiger partial charge is 0.171 e. The minimum Gasteiger partial charge on any atom is -0.362 e. The maximum Gasteiger partial charge on any atom is 0.171 e. The van der Waals surface area contributed by atoms with Gasteiger partial charge in [0.1, 0.15) is 0 Å². The van der Waals surface area contributed by atoms with Crippen molar-refractivity contribution < 1.29 is 0 Å². The lowest BCUT2D eigenvalue weighted by Gasteiger charge is -2.18. The van der Waals surface area contributed by atoms with Crippen LogP contribution in [0.25, 0.3) is 0 Å². The Bertz CT molecular complexity index is 646. The van der Waals surface area contributed by atoms with Crippen LogP contribution in [-0.2, 0) is 6.54 Å². The van der Waals surface area contributed by atoms with Gasteiger partial charge in [0, 0.05) is 18.8 Å². The number of hydrogen-bond donors (Lipinski definition) is 2. The summed E-state index contributed by atoms with van der Waals surface area (Å²) in [5.74, 6) is 0.772. The summed E-state index contributed by atoms with van der Waals surface area (Å²) in [5, 5.41) is 11.5. The predicted molar refractivity (Wildman–Crippen MR) is 109 cm³/mol. The van der Waals surface area contributed by atoms with Gasteiger partial charge in [0.15, 0.2) is 10.9 Å². The van der Waals surface area contributed by atoms with Crippen LogP contribution in [0.4, 0.5) is 5.82 Å². The van der Waals surface area contributed by atoms with Gasteiger partial charge >= 0.3 is 0 Å². The van der Waals surface area contributed by atoms with Crippen molar-refractivity contribution in [1.82, 2.24) is 20.0 Å². The fraction of sp³-hybridized carbons (Fsp3) is 0.474. The lowest BCUT2D eigenvalue weighted by molar-refractivity contribution is 0.300. The summed E-state index contributed by atoms with van der Waals surface area (Å²) < 4.78 is 1.91. The Morgan fingerprint density at radius 3 is 2.56 bits per heavy atom. The van der Waals surface area contributed by atoms with E-state index in [9.17, 15) is 0 Å². The molecule has 2 rings (SSSR count). The average molecular weight is 360 g/mol. The highest BCUT2D eigenvalue weighted by Crippen LogP contribution is 2.08. The minimum absolute atomic E-state index is 0.625. The third-order valence-corrected chi connectivity index (χ3v) is 4.42. The molecule has 1 heterocycles. The molecule has 0 aliphatic carbocycles. The summed E-state index contributed by atoms with van der Waals surface area (Å²) in [6.45, 7) is 11.4. The van der Waals surface area contributed by atoms with Gasteiger partial charge in [-0.05, 0) is 50.8 Å². The van der Waals surface area contributed by atoms with Gasteiger partial charge in [0.05, 0.1) is 6.54 Å². The largest absolute Gasteiger partial charge is 0.362 e. The first-order chi connectivity index (χ1) is 12.1. The van der Waals surface area contributed by atoms with Crippen LogP contribution < -0.4 is 10.6 Å². The second-order valence-corrected chi connectivity index (χ2v) is 6.55. The van der Waals surface area contributed by atoms with E-state index in [0.29, 0.717) is 5.11 Å². The van der Waals surface area contributed by atoms with Crippen molar-refractivity contribution in [3.05, 3.63) is 47.7 Å². The zero-order valence-electron chi connectivity index (χ0n) is 15.5. The first-order valence-electron chi connectivity index (χ1n) is 8.97. The Morgan fingerprint density at radius 1 is 1.16 bits per heavy atom. The molecular weight excluding hydrogens is 330 g/mol. The Balaban J connectivity index is 1.72. The lowest BCUT2D eigenvalue weighted by Crippen LogP contribution is -2.32. The molecule has 0 saturated heterocycles. The van der Waals surface area contributed by atoms with E-state index < -0.39 is 0 Å². The van der Waals surface area contributed by atoms with Crippen molar-refractivity contribution in [2.24, 2.45) is 0 Å². The van der Waals surface area contributed by atoms with Crippen molar-refractivity contribution in [1.29, 1.82) is 0 Å². The molecule has 2 N–H and O–H groups in total. The van der Waals surface area contributed by atoms with Crippen LogP contribution in [0.3, 0.4) is 0 Å². The van der Waals surface area contributed by atoms with E-state index in [1.165, 1.54) is 11.1 Å². The summed E-state index contributed by atoms with van der Waals surface area (Å²) in [4.78, 5) is 2.41. The van der Waals surface area contributed by atoms with Gasteiger partial charge in [-0.15, -0.1) is 0 Å². The molecule has 2 aromatic rings. The molecule has 6 heteroatoms. The van der Waals surface area contributed by atoms with Gasteiger partial charge in [-0.1, -0.05) is 43.7 Å². The third kappa shape index (κ3) is 6.84. The molecule has 25 heavy (non-hydrogen) atoms. The molecule has 0 spiro atoms. The monoisotopic (exact) mass is 359 g/mol. The maximum absolute atomic E-state index is 5.34. The predicted octanol–water partition coefficient (Wildman–Crippen LogP) is 3.26. The molecule has 1 aromatic heterocycles. The highest BCUT2D eigenvalue weighted by Gasteiger charge is 2.03. The molecule has 0 unspecified atom stereocenters. The lowest BCUT2D eigenvalue weighted by atomic mass is 10.1. The van der Waals surface area contributed by atoms with Crippen LogP contribution in [0.1, 0.15) is 31.4 Å². The number of anilines is 1. The highest BCUT2D eigenvalue weighted by molar-refractivity contribution is 7.80. The van der Waals surface area contributed by atoms with Gasteiger partial charge < -0.3 is 15.5 Å². The molecule has 0 bridgehead atoms. The quantitative estimate of drug-likeness (QED) is 0.531. The van der Waals surface area contributed by atoms with Crippen LogP contribution in [0.2, 0.25) is 0 Å². The Labute approximate surface area is 156 Å². The normalized spacial score (nSPS) is 10.9. The summed E-state index contributed by atoms with van der Waals surface area (Å²) in [7, 11) is 0. The van der Waals surface area contributed by atoms with Crippen LogP contribution in [0.15, 0.2) is 36.5 Å². The Morgan fingerprint density at radius 2 is 1.88 bits per heavy atom. The Hall–Kier alpha value is -1.92. The number of rotatable bonds is 9. The van der Waals surface area contributed by atoms with E-state index in [1.54, 1.807) is 0 Å². The number of aryl methyl sites for hydroxylation is 1. The molecule has 0 radical (unpaired) electrons. The van der Waals surface area contributed by atoms with Crippen LogP contribution >= 0.6 is 12.2 Å². The van der Waals surface area contributed by atoms with Crippen molar-refractivity contribution in [3.8, 4) is 0 Å². The molecule has 0 aliphatic heterocycles. The molecule has 1 aromatic carbocycles. The van der Waals surface area contributed by atoms with Gasteiger partial charge in [0.25, 0.3) is 0 Å². The van der Waals surface area contributed by atoms with Gasteiger partial charge in [-0.2, -0.15) is 5.10 Å². The standard InChI is InChI=1S/C19H29N5S/c1-4-23(5-2)13-6-12-20-19(25)21-18-11-14-24(22-18)15-17-9-7-16(3)8-10-17/h7-11,14H,4-6,12-13,15H2,1-3H3,(H2,20,21,22,25). The molecular formula is C19H29N5S. The average Bonchev–Trinajstić information content (AvgIpc) is 3.04. The molecule has 5 nitrogen and oxygen atoms in total. The topological polar surface area (TPSA) is 45.1 Å². The second kappa shape index (κ2) is 10.2. The second-order valence-electron chi connectivity index (χ2n) is 6.15. The van der Waals surface area contributed by atoms with Gasteiger partial charge in [0.2, 0.25) is 0 Å². The first kappa shape index (κ1) is 19.4. The zero-order chi connectivity index (χ0) is 18.1. The van der Waals surface area contributed by atoms with E-state index in [1.807, 2.05) is 16.9 Å². The van der Waals surface area contributed by atoms with E-state index >= 15 is 0 Å².